The molecule has 4 rings (SSSR count). The first-order valence-electron chi connectivity index (χ1n) is 11.8. The maximum atomic E-state index is 13.3. The zero-order valence-corrected chi connectivity index (χ0v) is 22.0. The van der Waals surface area contributed by atoms with E-state index in [0.717, 1.165) is 9.87 Å². The van der Waals surface area contributed by atoms with E-state index in [9.17, 15) is 13.2 Å². The molecule has 0 spiro atoms. The van der Waals surface area contributed by atoms with E-state index < -0.39 is 22.5 Å². The fraction of sp³-hybridized carbons (Fsp3) is 0.103. The summed E-state index contributed by atoms with van der Waals surface area (Å²) in [6.45, 7) is 0.00125. The Labute approximate surface area is 227 Å². The Bertz CT molecular complexity index is 1480. The minimum Gasteiger partial charge on any atom is -0.489 e. The van der Waals surface area contributed by atoms with Crippen molar-refractivity contribution in [1.29, 1.82) is 0 Å². The molecule has 0 bridgehead atoms. The minimum atomic E-state index is -3.95. The van der Waals surface area contributed by atoms with Crippen molar-refractivity contribution in [3.63, 3.8) is 0 Å². The number of hydrogen-bond acceptors (Lipinski definition) is 5. The van der Waals surface area contributed by atoms with Crippen LogP contribution >= 0.6 is 11.6 Å². The first kappa shape index (κ1) is 27.1. The van der Waals surface area contributed by atoms with Gasteiger partial charge in [0, 0.05) is 11.6 Å². The molecule has 0 aliphatic heterocycles. The normalized spacial score (nSPS) is 11.5. The Morgan fingerprint density at radius 3 is 2.26 bits per heavy atom. The first-order valence-corrected chi connectivity index (χ1v) is 13.6. The minimum absolute atomic E-state index is 0.00761. The highest BCUT2D eigenvalue weighted by molar-refractivity contribution is 7.89. The zero-order valence-electron chi connectivity index (χ0n) is 20.4. The zero-order chi connectivity index (χ0) is 26.8. The van der Waals surface area contributed by atoms with E-state index in [1.165, 1.54) is 18.3 Å². The number of hydrazone groups is 1. The number of hydrogen-bond donors (Lipinski definition) is 1. The highest BCUT2D eigenvalue weighted by Gasteiger charge is 2.26. The third-order valence-electron chi connectivity index (χ3n) is 5.48. The van der Waals surface area contributed by atoms with E-state index >= 15 is 0 Å². The Hall–Kier alpha value is -3.98. The second-order valence-corrected chi connectivity index (χ2v) is 10.7. The van der Waals surface area contributed by atoms with Crippen LogP contribution < -0.4 is 10.2 Å². The van der Waals surface area contributed by atoms with Gasteiger partial charge in [-0.3, -0.25) is 4.79 Å². The summed E-state index contributed by atoms with van der Waals surface area (Å²) < 4.78 is 33.5. The number of sulfonamides is 1. The standard InChI is InChI=1S/C29H26ClN3O4S/c30-26-16-14-23(15-17-26)20-33(38(35,36)28-12-5-2-6-13-28)21-29(34)32-31-19-25-10-7-11-27(18-25)37-22-24-8-3-1-4-9-24/h1-19H,20-22H2,(H,32,34)/b31-19-. The maximum Gasteiger partial charge on any atom is 0.255 e. The largest absolute Gasteiger partial charge is 0.489 e. The second-order valence-electron chi connectivity index (χ2n) is 8.35. The number of carbonyl (C=O) groups is 1. The molecular weight excluding hydrogens is 522 g/mol. The van der Waals surface area contributed by atoms with Crippen molar-refractivity contribution in [1.82, 2.24) is 9.73 Å². The lowest BCUT2D eigenvalue weighted by Crippen LogP contribution is -2.39. The number of nitrogens with one attached hydrogen (secondary N) is 1. The van der Waals surface area contributed by atoms with Gasteiger partial charge in [-0.05, 0) is 53.1 Å². The van der Waals surface area contributed by atoms with Gasteiger partial charge in [-0.1, -0.05) is 84.4 Å². The molecule has 0 aromatic heterocycles. The van der Waals surface area contributed by atoms with E-state index in [2.05, 4.69) is 10.5 Å². The summed E-state index contributed by atoms with van der Waals surface area (Å²) >= 11 is 5.96. The van der Waals surface area contributed by atoms with Gasteiger partial charge in [0.05, 0.1) is 17.7 Å². The molecule has 0 radical (unpaired) electrons. The van der Waals surface area contributed by atoms with Crippen LogP contribution in [0.3, 0.4) is 0 Å². The number of nitrogens with zero attached hydrogens (tertiary/aromatic N) is 2. The van der Waals surface area contributed by atoms with Crippen molar-refractivity contribution in [2.75, 3.05) is 6.54 Å². The Balaban J connectivity index is 1.41. The average molecular weight is 548 g/mol. The Kier molecular flexibility index (Phi) is 9.26. The fourth-order valence-corrected chi connectivity index (χ4v) is 5.09. The van der Waals surface area contributed by atoms with E-state index in [1.807, 2.05) is 48.5 Å². The lowest BCUT2D eigenvalue weighted by Gasteiger charge is -2.21. The molecule has 1 amide bonds. The lowest BCUT2D eigenvalue weighted by atomic mass is 10.2. The monoisotopic (exact) mass is 547 g/mol. The van der Waals surface area contributed by atoms with Crippen LogP contribution in [0.4, 0.5) is 0 Å². The van der Waals surface area contributed by atoms with Gasteiger partial charge >= 0.3 is 0 Å². The maximum absolute atomic E-state index is 13.3. The van der Waals surface area contributed by atoms with Gasteiger partial charge < -0.3 is 4.74 Å². The first-order chi connectivity index (χ1) is 18.4. The number of ether oxygens (including phenoxy) is 1. The molecule has 1 N–H and O–H groups in total. The van der Waals surface area contributed by atoms with Crippen LogP contribution in [0.2, 0.25) is 5.02 Å². The van der Waals surface area contributed by atoms with Crippen molar-refractivity contribution < 1.29 is 17.9 Å². The second kappa shape index (κ2) is 13.0. The molecule has 0 atom stereocenters. The van der Waals surface area contributed by atoms with Gasteiger partial charge in [0.25, 0.3) is 5.91 Å². The molecule has 0 unspecified atom stereocenters. The molecule has 7 nitrogen and oxygen atoms in total. The SMILES string of the molecule is O=C(CN(Cc1ccc(Cl)cc1)S(=O)(=O)c1ccccc1)N/N=C\c1cccc(OCc2ccccc2)c1. The van der Waals surface area contributed by atoms with E-state index in [1.54, 1.807) is 48.5 Å². The van der Waals surface area contributed by atoms with E-state index in [-0.39, 0.29) is 11.4 Å². The molecule has 9 heteroatoms. The molecule has 0 saturated heterocycles. The molecule has 4 aromatic carbocycles. The van der Waals surface area contributed by atoms with Crippen LogP contribution in [-0.4, -0.2) is 31.4 Å². The van der Waals surface area contributed by atoms with Crippen molar-refractivity contribution in [2.45, 2.75) is 18.0 Å². The molecule has 4 aromatic rings. The smallest absolute Gasteiger partial charge is 0.255 e. The fourth-order valence-electron chi connectivity index (χ4n) is 3.56. The average Bonchev–Trinajstić information content (AvgIpc) is 2.94. The summed E-state index contributed by atoms with van der Waals surface area (Å²) in [4.78, 5) is 12.8. The number of amides is 1. The summed E-state index contributed by atoms with van der Waals surface area (Å²) in [6, 6.07) is 31.9. The predicted octanol–water partition coefficient (Wildman–Crippen LogP) is 5.26. The third kappa shape index (κ3) is 7.76. The van der Waals surface area contributed by atoms with Crippen LogP contribution in [0.15, 0.2) is 119 Å². The van der Waals surface area contributed by atoms with Crippen LogP contribution in [0, 0.1) is 0 Å². The summed E-state index contributed by atoms with van der Waals surface area (Å²) in [5, 5.41) is 4.54. The summed E-state index contributed by atoms with van der Waals surface area (Å²) in [6.07, 6.45) is 1.47. The van der Waals surface area contributed by atoms with E-state index in [0.29, 0.717) is 28.5 Å². The molecular formula is C29H26ClN3O4S. The summed E-state index contributed by atoms with van der Waals surface area (Å²) in [5.41, 5.74) is 4.87. The van der Waals surface area contributed by atoms with Gasteiger partial charge in [-0.25, -0.2) is 13.8 Å². The lowest BCUT2D eigenvalue weighted by molar-refractivity contribution is -0.121. The van der Waals surface area contributed by atoms with Gasteiger partial charge in [0.2, 0.25) is 10.0 Å². The van der Waals surface area contributed by atoms with Crippen LogP contribution in [0.25, 0.3) is 0 Å². The number of rotatable bonds is 11. The number of halogens is 1. The molecule has 0 heterocycles. The number of benzene rings is 4. The van der Waals surface area contributed by atoms with Crippen LogP contribution in [0.1, 0.15) is 16.7 Å². The topological polar surface area (TPSA) is 88.1 Å². The Morgan fingerprint density at radius 1 is 0.868 bits per heavy atom. The molecule has 38 heavy (non-hydrogen) atoms. The van der Waals surface area contributed by atoms with Gasteiger partial charge in [-0.2, -0.15) is 9.41 Å². The van der Waals surface area contributed by atoms with Crippen molar-refractivity contribution in [3.8, 4) is 5.75 Å². The van der Waals surface area contributed by atoms with Crippen LogP contribution in [-0.2, 0) is 28.0 Å². The molecule has 0 fully saturated rings. The summed E-state index contributed by atoms with van der Waals surface area (Å²) in [7, 11) is -3.95. The molecule has 194 valence electrons. The quantitative estimate of drug-likeness (QED) is 0.205. The van der Waals surface area contributed by atoms with Gasteiger partial charge in [-0.15, -0.1) is 0 Å². The molecule has 0 aliphatic carbocycles. The summed E-state index contributed by atoms with van der Waals surface area (Å²) in [5.74, 6) is 0.0819. The van der Waals surface area contributed by atoms with Crippen LogP contribution in [0.5, 0.6) is 5.75 Å². The third-order valence-corrected chi connectivity index (χ3v) is 7.54. The highest BCUT2D eigenvalue weighted by Crippen LogP contribution is 2.19. The van der Waals surface area contributed by atoms with Crippen molar-refractivity contribution >= 4 is 33.7 Å². The van der Waals surface area contributed by atoms with Crippen molar-refractivity contribution in [2.24, 2.45) is 5.10 Å². The molecule has 0 saturated carbocycles. The number of carbonyl (C=O) groups excluding carboxylic acids is 1. The Morgan fingerprint density at radius 2 is 1.55 bits per heavy atom. The van der Waals surface area contributed by atoms with Crippen molar-refractivity contribution in [3.05, 3.63) is 131 Å². The van der Waals surface area contributed by atoms with Gasteiger partial charge in [0.1, 0.15) is 12.4 Å². The van der Waals surface area contributed by atoms with E-state index in [4.69, 9.17) is 16.3 Å². The molecule has 0 aliphatic rings. The highest BCUT2D eigenvalue weighted by atomic mass is 35.5. The predicted molar refractivity (Wildman–Crippen MR) is 148 cm³/mol. The van der Waals surface area contributed by atoms with Gasteiger partial charge in [0.15, 0.2) is 0 Å².